The first-order chi connectivity index (χ1) is 7.99. The van der Waals surface area contributed by atoms with Crippen molar-refractivity contribution < 1.29 is 14.6 Å². The smallest absolute Gasteiger partial charge is 0.336 e. The SMILES string of the molecule is CCCCOc1cc(C)c(C(=O)O)c(C)c1C. The number of hydrogen-bond donors (Lipinski definition) is 1. The number of aromatic carboxylic acids is 1. The molecule has 1 rings (SSSR count). The van der Waals surface area contributed by atoms with Crippen molar-refractivity contribution >= 4 is 5.97 Å². The Labute approximate surface area is 102 Å². The third-order valence-corrected chi connectivity index (χ3v) is 3.02. The minimum absolute atomic E-state index is 0.394. The Morgan fingerprint density at radius 2 is 1.94 bits per heavy atom. The predicted molar refractivity (Wildman–Crippen MR) is 68.0 cm³/mol. The van der Waals surface area contributed by atoms with E-state index in [4.69, 9.17) is 9.84 Å². The van der Waals surface area contributed by atoms with E-state index in [2.05, 4.69) is 6.92 Å². The maximum absolute atomic E-state index is 11.1. The van der Waals surface area contributed by atoms with Crippen LogP contribution in [-0.2, 0) is 0 Å². The van der Waals surface area contributed by atoms with E-state index in [0.29, 0.717) is 12.2 Å². The highest BCUT2D eigenvalue weighted by atomic mass is 16.5. The summed E-state index contributed by atoms with van der Waals surface area (Å²) < 4.78 is 5.68. The van der Waals surface area contributed by atoms with Gasteiger partial charge in [-0.15, -0.1) is 0 Å². The van der Waals surface area contributed by atoms with Crippen LogP contribution in [0.25, 0.3) is 0 Å². The Morgan fingerprint density at radius 3 is 2.47 bits per heavy atom. The van der Waals surface area contributed by atoms with Crippen LogP contribution in [0, 0.1) is 20.8 Å². The highest BCUT2D eigenvalue weighted by molar-refractivity contribution is 5.91. The summed E-state index contributed by atoms with van der Waals surface area (Å²) in [5.74, 6) is -0.0679. The van der Waals surface area contributed by atoms with E-state index in [1.165, 1.54) is 0 Å². The molecule has 3 nitrogen and oxygen atoms in total. The number of rotatable bonds is 5. The van der Waals surface area contributed by atoms with Gasteiger partial charge in [-0.1, -0.05) is 13.3 Å². The van der Waals surface area contributed by atoms with Crippen molar-refractivity contribution in [1.29, 1.82) is 0 Å². The molecule has 0 aromatic heterocycles. The number of unbranched alkanes of at least 4 members (excludes halogenated alkanes) is 1. The fourth-order valence-electron chi connectivity index (χ4n) is 1.85. The summed E-state index contributed by atoms with van der Waals surface area (Å²) in [6, 6.07) is 1.82. The van der Waals surface area contributed by atoms with Gasteiger partial charge in [-0.2, -0.15) is 0 Å². The standard InChI is InChI=1S/C14H20O3/c1-5-6-7-17-12-8-9(2)13(14(15)16)11(4)10(12)3/h8H,5-7H2,1-4H3,(H,15,16). The van der Waals surface area contributed by atoms with Gasteiger partial charge in [0.15, 0.2) is 0 Å². The molecule has 1 N–H and O–H groups in total. The highest BCUT2D eigenvalue weighted by Crippen LogP contribution is 2.27. The maximum Gasteiger partial charge on any atom is 0.336 e. The van der Waals surface area contributed by atoms with Crippen LogP contribution in [-0.4, -0.2) is 17.7 Å². The minimum atomic E-state index is -0.872. The normalized spacial score (nSPS) is 10.4. The Bertz CT molecular complexity index is 422. The summed E-state index contributed by atoms with van der Waals surface area (Å²) in [4.78, 5) is 11.1. The molecule has 0 heterocycles. The fraction of sp³-hybridized carbons (Fsp3) is 0.500. The average Bonchev–Trinajstić information content (AvgIpc) is 2.25. The van der Waals surface area contributed by atoms with Crippen LogP contribution < -0.4 is 4.74 Å². The molecule has 1 aromatic carbocycles. The van der Waals surface area contributed by atoms with Crippen molar-refractivity contribution in [3.63, 3.8) is 0 Å². The van der Waals surface area contributed by atoms with E-state index in [-0.39, 0.29) is 0 Å². The lowest BCUT2D eigenvalue weighted by Crippen LogP contribution is -2.07. The molecule has 17 heavy (non-hydrogen) atoms. The van der Waals surface area contributed by atoms with E-state index >= 15 is 0 Å². The van der Waals surface area contributed by atoms with E-state index in [9.17, 15) is 4.79 Å². The topological polar surface area (TPSA) is 46.5 Å². The van der Waals surface area contributed by atoms with Crippen molar-refractivity contribution in [2.75, 3.05) is 6.61 Å². The number of ether oxygens (including phenoxy) is 1. The molecule has 0 aliphatic carbocycles. The molecule has 0 spiro atoms. The van der Waals surface area contributed by atoms with Crippen LogP contribution in [0.15, 0.2) is 6.07 Å². The van der Waals surface area contributed by atoms with Crippen molar-refractivity contribution in [2.24, 2.45) is 0 Å². The third kappa shape index (κ3) is 2.99. The summed E-state index contributed by atoms with van der Waals surface area (Å²) in [6.07, 6.45) is 2.10. The lowest BCUT2D eigenvalue weighted by atomic mass is 9.97. The van der Waals surface area contributed by atoms with E-state index < -0.39 is 5.97 Å². The second-order valence-corrected chi connectivity index (χ2v) is 4.32. The Hall–Kier alpha value is -1.51. The Kier molecular flexibility index (Phi) is 4.55. The van der Waals surface area contributed by atoms with Crippen LogP contribution in [0.4, 0.5) is 0 Å². The van der Waals surface area contributed by atoms with Crippen LogP contribution in [0.5, 0.6) is 5.75 Å². The average molecular weight is 236 g/mol. The van der Waals surface area contributed by atoms with Gasteiger partial charge in [0.1, 0.15) is 5.75 Å². The molecule has 0 unspecified atom stereocenters. The molecule has 0 saturated carbocycles. The Balaban J connectivity index is 3.07. The zero-order valence-electron chi connectivity index (χ0n) is 11.0. The first-order valence-corrected chi connectivity index (χ1v) is 5.95. The molecule has 0 atom stereocenters. The molecule has 3 heteroatoms. The number of aryl methyl sites for hydroxylation is 1. The summed E-state index contributed by atoms with van der Waals surface area (Å²) in [6.45, 7) is 8.34. The van der Waals surface area contributed by atoms with Gasteiger partial charge >= 0.3 is 5.97 Å². The number of benzene rings is 1. The number of carboxylic acids is 1. The molecule has 0 aliphatic rings. The van der Waals surface area contributed by atoms with Crippen molar-refractivity contribution in [1.82, 2.24) is 0 Å². The molecule has 0 radical (unpaired) electrons. The second kappa shape index (κ2) is 5.71. The molecule has 1 aromatic rings. The first kappa shape index (κ1) is 13.6. The molecule has 94 valence electrons. The number of hydrogen-bond acceptors (Lipinski definition) is 2. The van der Waals surface area contributed by atoms with Crippen LogP contribution in [0.1, 0.15) is 46.8 Å². The largest absolute Gasteiger partial charge is 0.493 e. The van der Waals surface area contributed by atoms with Gasteiger partial charge < -0.3 is 9.84 Å². The highest BCUT2D eigenvalue weighted by Gasteiger charge is 2.16. The number of carboxylic acid groups (broad SMARTS) is 1. The van der Waals surface area contributed by atoms with Crippen molar-refractivity contribution in [3.8, 4) is 5.75 Å². The predicted octanol–water partition coefficient (Wildman–Crippen LogP) is 3.49. The molecule has 0 saturated heterocycles. The molecule has 0 aliphatic heterocycles. The molecule has 0 bridgehead atoms. The van der Waals surface area contributed by atoms with E-state index in [1.807, 2.05) is 26.8 Å². The second-order valence-electron chi connectivity index (χ2n) is 4.32. The van der Waals surface area contributed by atoms with Gasteiger partial charge in [-0.25, -0.2) is 4.79 Å². The Morgan fingerprint density at radius 1 is 1.29 bits per heavy atom. The van der Waals surface area contributed by atoms with E-state index in [1.54, 1.807) is 0 Å². The zero-order chi connectivity index (χ0) is 13.0. The van der Waals surface area contributed by atoms with Gasteiger partial charge in [-0.05, 0) is 49.9 Å². The zero-order valence-corrected chi connectivity index (χ0v) is 11.0. The van der Waals surface area contributed by atoms with Crippen LogP contribution in [0.3, 0.4) is 0 Å². The van der Waals surface area contributed by atoms with Gasteiger partial charge in [0.05, 0.1) is 12.2 Å². The minimum Gasteiger partial charge on any atom is -0.493 e. The third-order valence-electron chi connectivity index (χ3n) is 3.02. The van der Waals surface area contributed by atoms with Gasteiger partial charge in [0.2, 0.25) is 0 Å². The maximum atomic E-state index is 11.1. The lowest BCUT2D eigenvalue weighted by molar-refractivity contribution is 0.0695. The van der Waals surface area contributed by atoms with Crippen LogP contribution in [0.2, 0.25) is 0 Å². The molecule has 0 amide bonds. The first-order valence-electron chi connectivity index (χ1n) is 5.95. The molecular weight excluding hydrogens is 216 g/mol. The molecular formula is C14H20O3. The summed E-state index contributed by atoms with van der Waals surface area (Å²) in [5, 5.41) is 9.14. The fourth-order valence-corrected chi connectivity index (χ4v) is 1.85. The summed E-state index contributed by atoms with van der Waals surface area (Å²) in [7, 11) is 0. The summed E-state index contributed by atoms with van der Waals surface area (Å²) >= 11 is 0. The van der Waals surface area contributed by atoms with Gasteiger partial charge in [0.25, 0.3) is 0 Å². The quantitative estimate of drug-likeness (QED) is 0.796. The van der Waals surface area contributed by atoms with Crippen molar-refractivity contribution in [3.05, 3.63) is 28.3 Å². The number of carbonyl (C=O) groups is 1. The summed E-state index contributed by atoms with van der Waals surface area (Å²) in [5.41, 5.74) is 2.87. The monoisotopic (exact) mass is 236 g/mol. The van der Waals surface area contributed by atoms with Crippen LogP contribution >= 0.6 is 0 Å². The van der Waals surface area contributed by atoms with Gasteiger partial charge in [0, 0.05) is 0 Å². The van der Waals surface area contributed by atoms with Crippen molar-refractivity contribution in [2.45, 2.75) is 40.5 Å². The van der Waals surface area contributed by atoms with E-state index in [0.717, 1.165) is 35.3 Å². The lowest BCUT2D eigenvalue weighted by Gasteiger charge is -2.15. The molecule has 0 fully saturated rings. The van der Waals surface area contributed by atoms with Gasteiger partial charge in [-0.3, -0.25) is 0 Å².